The minimum Gasteiger partial charge on any atom is -0.464 e. The van der Waals surface area contributed by atoms with Crippen molar-refractivity contribution in [3.63, 3.8) is 0 Å². The third-order valence-electron chi connectivity index (χ3n) is 3.81. The molecule has 7 heteroatoms. The highest BCUT2D eigenvalue weighted by molar-refractivity contribution is 5.92. The van der Waals surface area contributed by atoms with Crippen LogP contribution in [0.1, 0.15) is 42.7 Å². The fourth-order valence-electron chi connectivity index (χ4n) is 2.85. The average molecular weight is 266 g/mol. The van der Waals surface area contributed by atoms with E-state index in [0.717, 1.165) is 25.8 Å². The molecular formula is C12H18N4O3. The van der Waals surface area contributed by atoms with Crippen LogP contribution in [0.4, 0.5) is 5.82 Å². The molecule has 3 rings (SSSR count). The van der Waals surface area contributed by atoms with Crippen molar-refractivity contribution in [2.24, 2.45) is 0 Å². The smallest absolute Gasteiger partial charge is 0.362 e. The van der Waals surface area contributed by atoms with Crippen molar-refractivity contribution in [2.45, 2.75) is 44.4 Å². The summed E-state index contributed by atoms with van der Waals surface area (Å²) < 4.78 is 12.4. The lowest BCUT2D eigenvalue weighted by Crippen LogP contribution is -2.32. The summed E-state index contributed by atoms with van der Waals surface area (Å²) in [5.41, 5.74) is 0.248. The van der Waals surface area contributed by atoms with Gasteiger partial charge in [0.1, 0.15) is 0 Å². The molecule has 19 heavy (non-hydrogen) atoms. The lowest BCUT2D eigenvalue weighted by molar-refractivity contribution is 0.0168. The summed E-state index contributed by atoms with van der Waals surface area (Å²) >= 11 is 0. The Morgan fingerprint density at radius 1 is 1.47 bits per heavy atom. The van der Waals surface area contributed by atoms with E-state index < -0.39 is 5.97 Å². The standard InChI is InChI=1S/C12H18N4O3/c1-7-3-4-9(19-7)8-5-6-13-11-10(12(17)18-2)14-15-16(8)11/h7-9,13H,3-6H2,1-2H3. The van der Waals surface area contributed by atoms with E-state index in [-0.39, 0.29) is 17.8 Å². The highest BCUT2D eigenvalue weighted by Crippen LogP contribution is 2.34. The summed E-state index contributed by atoms with van der Waals surface area (Å²) in [7, 11) is 1.34. The number of fused-ring (bicyclic) bond motifs is 1. The van der Waals surface area contributed by atoms with Crippen LogP contribution in [0.2, 0.25) is 0 Å². The van der Waals surface area contributed by atoms with Crippen molar-refractivity contribution in [3.05, 3.63) is 5.69 Å². The molecule has 1 saturated heterocycles. The maximum Gasteiger partial charge on any atom is 0.362 e. The van der Waals surface area contributed by atoms with Crippen LogP contribution >= 0.6 is 0 Å². The van der Waals surface area contributed by atoms with Gasteiger partial charge in [0.05, 0.1) is 25.4 Å². The quantitative estimate of drug-likeness (QED) is 0.804. The number of anilines is 1. The van der Waals surface area contributed by atoms with E-state index >= 15 is 0 Å². The van der Waals surface area contributed by atoms with Crippen LogP contribution < -0.4 is 5.32 Å². The van der Waals surface area contributed by atoms with Gasteiger partial charge in [0, 0.05) is 6.54 Å². The molecule has 3 heterocycles. The van der Waals surface area contributed by atoms with Gasteiger partial charge in [-0.15, -0.1) is 5.10 Å². The summed E-state index contributed by atoms with van der Waals surface area (Å²) in [6, 6.07) is 0.145. The van der Waals surface area contributed by atoms with Crippen molar-refractivity contribution in [1.29, 1.82) is 0 Å². The van der Waals surface area contributed by atoms with Crippen LogP contribution in [-0.2, 0) is 9.47 Å². The van der Waals surface area contributed by atoms with Gasteiger partial charge in [-0.1, -0.05) is 5.21 Å². The summed E-state index contributed by atoms with van der Waals surface area (Å²) in [4.78, 5) is 11.6. The van der Waals surface area contributed by atoms with E-state index in [4.69, 9.17) is 9.47 Å². The number of hydrogen-bond acceptors (Lipinski definition) is 6. The number of nitrogens with one attached hydrogen (secondary N) is 1. The molecule has 0 bridgehead atoms. The Kier molecular flexibility index (Phi) is 3.14. The predicted molar refractivity (Wildman–Crippen MR) is 67.1 cm³/mol. The monoisotopic (exact) mass is 266 g/mol. The molecule has 2 aliphatic rings. The summed E-state index contributed by atoms with van der Waals surface area (Å²) in [5, 5.41) is 11.2. The Bertz CT molecular complexity index is 487. The number of nitrogens with zero attached hydrogens (tertiary/aromatic N) is 3. The number of esters is 1. The van der Waals surface area contributed by atoms with E-state index in [9.17, 15) is 4.79 Å². The second-order valence-electron chi connectivity index (χ2n) is 5.07. The first kappa shape index (κ1) is 12.4. The van der Waals surface area contributed by atoms with Crippen LogP contribution in [0, 0.1) is 0 Å². The van der Waals surface area contributed by atoms with E-state index in [2.05, 4.69) is 22.6 Å². The molecule has 3 atom stereocenters. The van der Waals surface area contributed by atoms with E-state index in [1.807, 2.05) is 0 Å². The van der Waals surface area contributed by atoms with Gasteiger partial charge in [-0.3, -0.25) is 0 Å². The van der Waals surface area contributed by atoms with Gasteiger partial charge in [-0.05, 0) is 26.2 Å². The van der Waals surface area contributed by atoms with Crippen LogP contribution in [0.25, 0.3) is 0 Å². The Hall–Kier alpha value is -1.63. The zero-order chi connectivity index (χ0) is 13.4. The number of carbonyl (C=O) groups is 1. The summed E-state index contributed by atoms with van der Waals surface area (Å²) in [6.07, 6.45) is 3.48. The molecule has 1 aromatic heterocycles. The van der Waals surface area contributed by atoms with Gasteiger partial charge in [-0.2, -0.15) is 0 Å². The molecule has 3 unspecified atom stereocenters. The highest BCUT2D eigenvalue weighted by Gasteiger charge is 2.36. The first-order valence-electron chi connectivity index (χ1n) is 6.63. The predicted octanol–water partition coefficient (Wildman–Crippen LogP) is 0.989. The Morgan fingerprint density at radius 2 is 2.32 bits per heavy atom. The van der Waals surface area contributed by atoms with Crippen molar-refractivity contribution >= 4 is 11.8 Å². The Morgan fingerprint density at radius 3 is 3.00 bits per heavy atom. The second kappa shape index (κ2) is 4.80. The molecule has 0 amide bonds. The van der Waals surface area contributed by atoms with Gasteiger partial charge < -0.3 is 14.8 Å². The number of ether oxygens (including phenoxy) is 2. The molecule has 104 valence electrons. The van der Waals surface area contributed by atoms with Gasteiger partial charge in [0.15, 0.2) is 5.82 Å². The van der Waals surface area contributed by atoms with Crippen LogP contribution in [0.15, 0.2) is 0 Å². The molecule has 0 aliphatic carbocycles. The number of rotatable bonds is 2. The van der Waals surface area contributed by atoms with Crippen molar-refractivity contribution in [2.75, 3.05) is 19.0 Å². The molecule has 0 spiro atoms. The maximum atomic E-state index is 11.6. The summed E-state index contributed by atoms with van der Waals surface area (Å²) in [5.74, 6) is 0.182. The largest absolute Gasteiger partial charge is 0.464 e. The molecule has 1 aromatic rings. The van der Waals surface area contributed by atoms with Gasteiger partial charge in [0.2, 0.25) is 5.69 Å². The number of hydrogen-bond donors (Lipinski definition) is 1. The zero-order valence-electron chi connectivity index (χ0n) is 11.1. The summed E-state index contributed by atoms with van der Waals surface area (Å²) in [6.45, 7) is 2.87. The van der Waals surface area contributed by atoms with Crippen LogP contribution in [0.3, 0.4) is 0 Å². The SMILES string of the molecule is COC(=O)c1nnn2c1NCCC2C1CCC(C)O1. The first-order chi connectivity index (χ1) is 9.20. The first-order valence-corrected chi connectivity index (χ1v) is 6.63. The van der Waals surface area contributed by atoms with Crippen molar-refractivity contribution in [1.82, 2.24) is 15.0 Å². The molecule has 7 nitrogen and oxygen atoms in total. The molecule has 0 saturated carbocycles. The van der Waals surface area contributed by atoms with E-state index in [0.29, 0.717) is 11.9 Å². The van der Waals surface area contributed by atoms with E-state index in [1.54, 1.807) is 4.68 Å². The third-order valence-corrected chi connectivity index (χ3v) is 3.81. The van der Waals surface area contributed by atoms with E-state index in [1.165, 1.54) is 7.11 Å². The Balaban J connectivity index is 1.88. The number of methoxy groups -OCH3 is 1. The fourth-order valence-corrected chi connectivity index (χ4v) is 2.85. The Labute approximate surface area is 111 Å². The number of carbonyl (C=O) groups excluding carboxylic acids is 1. The molecular weight excluding hydrogens is 248 g/mol. The van der Waals surface area contributed by atoms with Crippen molar-refractivity contribution < 1.29 is 14.3 Å². The minimum absolute atomic E-state index is 0.145. The van der Waals surface area contributed by atoms with Gasteiger partial charge in [0.25, 0.3) is 0 Å². The van der Waals surface area contributed by atoms with Crippen LogP contribution in [0.5, 0.6) is 0 Å². The molecule has 0 aromatic carbocycles. The molecule has 1 N–H and O–H groups in total. The number of aromatic nitrogens is 3. The van der Waals surface area contributed by atoms with Crippen LogP contribution in [-0.4, -0.2) is 46.8 Å². The third kappa shape index (κ3) is 2.07. The minimum atomic E-state index is -0.463. The van der Waals surface area contributed by atoms with Gasteiger partial charge >= 0.3 is 5.97 Å². The fraction of sp³-hybridized carbons (Fsp3) is 0.750. The molecule has 0 radical (unpaired) electrons. The molecule has 2 aliphatic heterocycles. The van der Waals surface area contributed by atoms with Gasteiger partial charge in [-0.25, -0.2) is 9.48 Å². The zero-order valence-corrected chi connectivity index (χ0v) is 11.1. The average Bonchev–Trinajstić information content (AvgIpc) is 3.03. The normalized spacial score (nSPS) is 29.7. The maximum absolute atomic E-state index is 11.6. The second-order valence-corrected chi connectivity index (χ2v) is 5.07. The van der Waals surface area contributed by atoms with Crippen molar-refractivity contribution in [3.8, 4) is 0 Å². The topological polar surface area (TPSA) is 78.3 Å². The molecule has 1 fully saturated rings. The lowest BCUT2D eigenvalue weighted by Gasteiger charge is -2.29. The highest BCUT2D eigenvalue weighted by atomic mass is 16.5. The lowest BCUT2D eigenvalue weighted by atomic mass is 10.0.